The zero-order valence-corrected chi connectivity index (χ0v) is 29.6. The first-order valence-corrected chi connectivity index (χ1v) is 19.7. The lowest BCUT2D eigenvalue weighted by atomic mass is 9.53. The summed E-state index contributed by atoms with van der Waals surface area (Å²) in [5.74, 6) is 2.47. The number of allylic oxidation sites excluding steroid dienone is 14. The zero-order valence-electron chi connectivity index (χ0n) is 29.6. The van der Waals surface area contributed by atoms with E-state index in [9.17, 15) is 5.26 Å². The maximum Gasteiger partial charge on any atom is 0.123 e. The zero-order chi connectivity index (χ0) is 34.4. The van der Waals surface area contributed by atoms with Gasteiger partial charge < -0.3 is 4.74 Å². The summed E-state index contributed by atoms with van der Waals surface area (Å²) in [5, 5.41) is 10.3. The fourth-order valence-electron chi connectivity index (χ4n) is 12.1. The number of ether oxygens (including phenoxy) is 1. The first kappa shape index (κ1) is 30.5. The summed E-state index contributed by atoms with van der Waals surface area (Å²) in [7, 11) is 0. The summed E-state index contributed by atoms with van der Waals surface area (Å²) >= 11 is 0. The number of hydrogen-bond donors (Lipinski definition) is 0. The molecule has 0 bridgehead atoms. The topological polar surface area (TPSA) is 33.0 Å². The summed E-state index contributed by atoms with van der Waals surface area (Å²) in [6.07, 6.45) is 32.4. The van der Waals surface area contributed by atoms with Crippen molar-refractivity contribution >= 4 is 11.6 Å². The Balaban J connectivity index is 1.13. The summed E-state index contributed by atoms with van der Waals surface area (Å²) in [5.41, 5.74) is 16.9. The molecule has 2 heteroatoms. The van der Waals surface area contributed by atoms with E-state index < -0.39 is 0 Å². The molecule has 7 aliphatic carbocycles. The highest BCUT2D eigenvalue weighted by molar-refractivity contribution is 5.88. The van der Waals surface area contributed by atoms with E-state index in [2.05, 4.69) is 134 Å². The molecule has 0 saturated heterocycles. The maximum atomic E-state index is 10.3. The van der Waals surface area contributed by atoms with Crippen LogP contribution >= 0.6 is 0 Å². The third-order valence-electron chi connectivity index (χ3n) is 14.0. The van der Waals surface area contributed by atoms with E-state index >= 15 is 0 Å². The lowest BCUT2D eigenvalue weighted by Crippen LogP contribution is -2.53. The minimum atomic E-state index is -0.223. The number of para-hydroxylation sites is 1. The molecule has 1 heterocycles. The third kappa shape index (κ3) is 4.17. The van der Waals surface area contributed by atoms with E-state index in [-0.39, 0.29) is 35.2 Å². The van der Waals surface area contributed by atoms with Crippen LogP contribution in [0.25, 0.3) is 11.6 Å². The van der Waals surface area contributed by atoms with Gasteiger partial charge in [-0.1, -0.05) is 127 Å². The van der Waals surface area contributed by atoms with Gasteiger partial charge >= 0.3 is 0 Å². The highest BCUT2D eigenvalue weighted by Gasteiger charge is 2.62. The van der Waals surface area contributed by atoms with Crippen LogP contribution in [-0.4, -0.2) is 6.10 Å². The van der Waals surface area contributed by atoms with Gasteiger partial charge in [0, 0.05) is 34.3 Å². The standard InChI is InChI=1S/C50H43NO/c51-30-31-24-26-36-35-15-7-8-21-42(35)50(44(36)28-31)43-22-9-10-23-46(43)52-47-27-25-33(29-45(47)50)48-38-16-3-5-18-40(38)49(41-19-6-4-17-39(41)48)37-20-11-13-32-12-1-2-14-34(32)37/h1,3-7,9-13,15-20,22-23,28-29,36,40,44-45,47,49H,2,8,14,21,24-27H2. The predicted molar refractivity (Wildman–Crippen MR) is 209 cm³/mol. The molecule has 0 radical (unpaired) electrons. The lowest BCUT2D eigenvalue weighted by molar-refractivity contribution is 0.0541. The van der Waals surface area contributed by atoms with Crippen LogP contribution in [0.3, 0.4) is 0 Å². The van der Waals surface area contributed by atoms with Crippen molar-refractivity contribution in [3.63, 3.8) is 0 Å². The molecular formula is C50H43NO. The van der Waals surface area contributed by atoms with Gasteiger partial charge in [-0.25, -0.2) is 0 Å². The second kappa shape index (κ2) is 11.7. The summed E-state index contributed by atoms with van der Waals surface area (Å²) in [6.45, 7) is 0. The molecule has 3 aromatic carbocycles. The van der Waals surface area contributed by atoms with Crippen molar-refractivity contribution in [2.45, 2.75) is 68.8 Å². The molecule has 254 valence electrons. The van der Waals surface area contributed by atoms with Crippen LogP contribution in [-0.2, 0) is 11.8 Å². The molecule has 0 fully saturated rings. The van der Waals surface area contributed by atoms with Crippen LogP contribution < -0.4 is 4.74 Å². The number of hydrogen-bond acceptors (Lipinski definition) is 2. The molecule has 11 rings (SSSR count). The van der Waals surface area contributed by atoms with E-state index in [1.807, 2.05) is 0 Å². The van der Waals surface area contributed by atoms with Crippen molar-refractivity contribution in [1.82, 2.24) is 0 Å². The van der Waals surface area contributed by atoms with E-state index in [1.54, 1.807) is 11.1 Å². The van der Waals surface area contributed by atoms with E-state index in [0.717, 1.165) is 62.7 Å². The molecule has 8 aliphatic rings. The van der Waals surface area contributed by atoms with Gasteiger partial charge in [-0.2, -0.15) is 5.26 Å². The van der Waals surface area contributed by atoms with Gasteiger partial charge in [0.15, 0.2) is 0 Å². The smallest absolute Gasteiger partial charge is 0.123 e. The maximum absolute atomic E-state index is 10.3. The Hall–Kier alpha value is -5.13. The fraction of sp³-hybridized carbons (Fsp3) is 0.300. The van der Waals surface area contributed by atoms with Crippen LogP contribution in [0.4, 0.5) is 0 Å². The van der Waals surface area contributed by atoms with Crippen molar-refractivity contribution < 1.29 is 4.74 Å². The number of rotatable bonds is 2. The lowest BCUT2D eigenvalue weighted by Gasteiger charge is -2.53. The largest absolute Gasteiger partial charge is 0.489 e. The number of nitriles is 1. The van der Waals surface area contributed by atoms with E-state index in [1.165, 1.54) is 50.1 Å². The monoisotopic (exact) mass is 673 g/mol. The second-order valence-corrected chi connectivity index (χ2v) is 16.1. The molecule has 1 aliphatic heterocycles. The molecule has 7 atom stereocenters. The Morgan fingerprint density at radius 2 is 1.60 bits per heavy atom. The molecule has 3 aromatic rings. The molecule has 2 nitrogen and oxygen atoms in total. The Labute approximate surface area is 307 Å². The Kier molecular flexibility index (Phi) is 6.86. The number of fused-ring (bicyclic) bond motifs is 11. The Morgan fingerprint density at radius 1 is 0.731 bits per heavy atom. The molecule has 1 spiro atoms. The number of nitrogens with zero attached hydrogens (tertiary/aromatic N) is 1. The minimum Gasteiger partial charge on any atom is -0.489 e. The quantitative estimate of drug-likeness (QED) is 0.271. The van der Waals surface area contributed by atoms with Gasteiger partial charge in [0.1, 0.15) is 11.9 Å². The van der Waals surface area contributed by atoms with Gasteiger partial charge in [-0.15, -0.1) is 0 Å². The molecule has 52 heavy (non-hydrogen) atoms. The van der Waals surface area contributed by atoms with E-state index in [0.29, 0.717) is 5.92 Å². The molecular weight excluding hydrogens is 631 g/mol. The van der Waals surface area contributed by atoms with Crippen molar-refractivity contribution in [1.29, 1.82) is 5.26 Å². The Bertz CT molecular complexity index is 2350. The fourth-order valence-corrected chi connectivity index (χ4v) is 12.1. The molecule has 0 N–H and O–H groups in total. The van der Waals surface area contributed by atoms with Gasteiger partial charge in [-0.3, -0.25) is 0 Å². The molecule has 7 unspecified atom stereocenters. The summed E-state index contributed by atoms with van der Waals surface area (Å²) < 4.78 is 7.06. The average molecular weight is 674 g/mol. The van der Waals surface area contributed by atoms with Crippen LogP contribution in [0.2, 0.25) is 0 Å². The van der Waals surface area contributed by atoms with E-state index in [4.69, 9.17) is 4.74 Å². The minimum absolute atomic E-state index is 0.0941. The van der Waals surface area contributed by atoms with Gasteiger partial charge in [0.2, 0.25) is 0 Å². The highest BCUT2D eigenvalue weighted by Crippen LogP contribution is 2.67. The first-order chi connectivity index (χ1) is 25.8. The average Bonchev–Trinajstić information content (AvgIpc) is 3.49. The van der Waals surface area contributed by atoms with Crippen LogP contribution in [0.1, 0.15) is 84.2 Å². The highest BCUT2D eigenvalue weighted by atomic mass is 16.5. The van der Waals surface area contributed by atoms with Crippen LogP contribution in [0.15, 0.2) is 149 Å². The van der Waals surface area contributed by atoms with Gasteiger partial charge in [-0.05, 0) is 119 Å². The first-order valence-electron chi connectivity index (χ1n) is 19.7. The normalized spacial score (nSPS) is 31.6. The van der Waals surface area contributed by atoms with Gasteiger partial charge in [0.25, 0.3) is 0 Å². The van der Waals surface area contributed by atoms with Crippen molar-refractivity contribution in [3.8, 4) is 11.8 Å². The van der Waals surface area contributed by atoms with Crippen molar-refractivity contribution in [2.75, 3.05) is 0 Å². The summed E-state index contributed by atoms with van der Waals surface area (Å²) in [6, 6.07) is 27.8. The molecule has 0 aromatic heterocycles. The molecule has 0 amide bonds. The van der Waals surface area contributed by atoms with Crippen LogP contribution in [0, 0.1) is 35.0 Å². The summed E-state index contributed by atoms with van der Waals surface area (Å²) in [4.78, 5) is 0. The van der Waals surface area contributed by atoms with Gasteiger partial charge in [0.05, 0.1) is 6.07 Å². The third-order valence-corrected chi connectivity index (χ3v) is 14.0. The number of benzene rings is 3. The van der Waals surface area contributed by atoms with Crippen LogP contribution in [0.5, 0.6) is 5.75 Å². The SMILES string of the molecule is N#CC1=CC2C(CC1)C1=C(CCC=C1)C21c2ccccc2OC2CCC(C3=C4C=CC=CC4C(c4cccc5c4CCC=C5)c4ccccc43)=CC21. The van der Waals surface area contributed by atoms with Crippen molar-refractivity contribution in [2.24, 2.45) is 23.7 Å². The molecule has 0 saturated carbocycles. The second-order valence-electron chi connectivity index (χ2n) is 16.1. The van der Waals surface area contributed by atoms with Crippen molar-refractivity contribution in [3.05, 3.63) is 183 Å². The Morgan fingerprint density at radius 3 is 2.56 bits per heavy atom. The predicted octanol–water partition coefficient (Wildman–Crippen LogP) is 11.5.